The van der Waals surface area contributed by atoms with E-state index in [4.69, 9.17) is 5.73 Å². The Morgan fingerprint density at radius 3 is 2.58 bits per heavy atom. The van der Waals surface area contributed by atoms with Gasteiger partial charge in [0.15, 0.2) is 11.5 Å². The number of hydrogen-bond donors (Lipinski definition) is 1. The van der Waals surface area contributed by atoms with Gasteiger partial charge in [0.25, 0.3) is 5.91 Å². The van der Waals surface area contributed by atoms with Gasteiger partial charge >= 0.3 is 0 Å². The second kappa shape index (κ2) is 5.45. The number of halogens is 1. The summed E-state index contributed by atoms with van der Waals surface area (Å²) in [5.74, 6) is 0.136. The van der Waals surface area contributed by atoms with Crippen LogP contribution >= 0.6 is 15.9 Å². The number of aliphatic imine (C=N–C) groups is 1. The van der Waals surface area contributed by atoms with Gasteiger partial charge in [0, 0.05) is 11.5 Å². The van der Waals surface area contributed by atoms with E-state index in [1.54, 1.807) is 7.05 Å². The molecule has 1 amide bonds. The van der Waals surface area contributed by atoms with Gasteiger partial charge in [-0.3, -0.25) is 9.69 Å². The molecule has 122 valence electrons. The van der Waals surface area contributed by atoms with E-state index in [0.29, 0.717) is 0 Å². The van der Waals surface area contributed by atoms with Gasteiger partial charge in [-0.15, -0.1) is 0 Å². The summed E-state index contributed by atoms with van der Waals surface area (Å²) in [5, 5.41) is 0. The fourth-order valence-electron chi connectivity index (χ4n) is 3.69. The number of rotatable bonds is 2. The van der Waals surface area contributed by atoms with Crippen LogP contribution in [-0.4, -0.2) is 23.8 Å². The Morgan fingerprint density at radius 1 is 1.12 bits per heavy atom. The molecule has 4 nitrogen and oxygen atoms in total. The van der Waals surface area contributed by atoms with Crippen LogP contribution in [0.3, 0.4) is 0 Å². The zero-order valence-electron chi connectivity index (χ0n) is 13.4. The molecule has 0 saturated carbocycles. The molecule has 24 heavy (non-hydrogen) atoms. The van der Waals surface area contributed by atoms with E-state index < -0.39 is 5.54 Å². The number of likely N-dealkylation sites (N-methyl/N-ethyl adjacent to an activating group) is 1. The van der Waals surface area contributed by atoms with Crippen molar-refractivity contribution in [3.63, 3.8) is 0 Å². The lowest BCUT2D eigenvalue weighted by molar-refractivity contribution is -0.129. The van der Waals surface area contributed by atoms with Crippen LogP contribution in [0.15, 0.2) is 51.9 Å². The smallest absolute Gasteiger partial charge is 0.266 e. The molecule has 2 aromatic rings. The van der Waals surface area contributed by atoms with Gasteiger partial charge in [-0.1, -0.05) is 46.3 Å². The van der Waals surface area contributed by atoms with Crippen LogP contribution in [-0.2, 0) is 23.2 Å². The van der Waals surface area contributed by atoms with Crippen molar-refractivity contribution < 1.29 is 4.79 Å². The number of guanidine groups is 1. The predicted octanol–water partition coefficient (Wildman–Crippen LogP) is 2.97. The average Bonchev–Trinajstić information content (AvgIpc) is 3.13. The molecule has 1 atom stereocenters. The van der Waals surface area contributed by atoms with Gasteiger partial charge in [-0.25, -0.2) is 4.99 Å². The Kier molecular flexibility index (Phi) is 3.49. The van der Waals surface area contributed by atoms with E-state index in [9.17, 15) is 4.79 Å². The molecule has 2 N–H and O–H groups in total. The number of nitrogens with two attached hydrogens (primary N) is 1. The van der Waals surface area contributed by atoms with Crippen LogP contribution in [0, 0.1) is 0 Å². The SMILES string of the molecule is CN1C(=O)C(c2cccc(Br)c2)(c2ccc3c(c2)CCC3)N=C1N. The zero-order chi connectivity index (χ0) is 16.9. The van der Waals surface area contributed by atoms with E-state index in [2.05, 4.69) is 33.1 Å². The normalized spacial score (nSPS) is 22.7. The quantitative estimate of drug-likeness (QED) is 0.866. The lowest BCUT2D eigenvalue weighted by Crippen LogP contribution is -2.41. The molecule has 0 radical (unpaired) electrons. The van der Waals surface area contributed by atoms with Crippen molar-refractivity contribution in [1.29, 1.82) is 0 Å². The molecule has 5 heteroatoms. The fourth-order valence-corrected chi connectivity index (χ4v) is 4.09. The van der Waals surface area contributed by atoms with Crippen LogP contribution in [0.4, 0.5) is 0 Å². The number of amides is 1. The highest BCUT2D eigenvalue weighted by atomic mass is 79.9. The molecule has 2 aliphatic rings. The summed E-state index contributed by atoms with van der Waals surface area (Å²) >= 11 is 3.50. The molecule has 1 aliphatic heterocycles. The van der Waals surface area contributed by atoms with E-state index in [0.717, 1.165) is 28.4 Å². The summed E-state index contributed by atoms with van der Waals surface area (Å²) in [6, 6.07) is 14.0. The first-order chi connectivity index (χ1) is 11.5. The minimum absolute atomic E-state index is 0.115. The summed E-state index contributed by atoms with van der Waals surface area (Å²) in [7, 11) is 1.67. The van der Waals surface area contributed by atoms with Crippen LogP contribution in [0.25, 0.3) is 0 Å². The molecular formula is C19H18BrN3O. The number of carbonyl (C=O) groups is 1. The molecule has 0 spiro atoms. The Bertz CT molecular complexity index is 877. The molecule has 0 aromatic heterocycles. The summed E-state index contributed by atoms with van der Waals surface area (Å²) in [4.78, 5) is 19.2. The van der Waals surface area contributed by atoms with Crippen LogP contribution in [0.2, 0.25) is 0 Å². The van der Waals surface area contributed by atoms with Gasteiger partial charge < -0.3 is 5.73 Å². The van der Waals surface area contributed by atoms with Crippen molar-refractivity contribution in [2.45, 2.75) is 24.8 Å². The molecule has 0 fully saturated rings. The number of aryl methyl sites for hydroxylation is 2. The largest absolute Gasteiger partial charge is 0.369 e. The monoisotopic (exact) mass is 383 g/mol. The van der Waals surface area contributed by atoms with E-state index in [1.165, 1.54) is 22.4 Å². The third kappa shape index (κ3) is 2.11. The van der Waals surface area contributed by atoms with Crippen LogP contribution < -0.4 is 5.73 Å². The number of nitrogens with zero attached hydrogens (tertiary/aromatic N) is 2. The van der Waals surface area contributed by atoms with Crippen molar-refractivity contribution in [3.05, 3.63) is 69.2 Å². The number of hydrogen-bond acceptors (Lipinski definition) is 3. The zero-order valence-corrected chi connectivity index (χ0v) is 15.0. The summed E-state index contributed by atoms with van der Waals surface area (Å²) < 4.78 is 0.914. The van der Waals surface area contributed by atoms with Crippen molar-refractivity contribution in [2.24, 2.45) is 10.7 Å². The highest BCUT2D eigenvalue weighted by Gasteiger charge is 2.49. The summed E-state index contributed by atoms with van der Waals surface area (Å²) in [6.07, 6.45) is 3.33. The van der Waals surface area contributed by atoms with Crippen LogP contribution in [0.1, 0.15) is 28.7 Å². The first-order valence-corrected chi connectivity index (χ1v) is 8.83. The predicted molar refractivity (Wildman–Crippen MR) is 97.8 cm³/mol. The Labute approximate surface area is 149 Å². The Balaban J connectivity index is 1.97. The van der Waals surface area contributed by atoms with E-state index in [-0.39, 0.29) is 11.9 Å². The maximum absolute atomic E-state index is 13.2. The van der Waals surface area contributed by atoms with Crippen LogP contribution in [0.5, 0.6) is 0 Å². The minimum atomic E-state index is -1.10. The lowest BCUT2D eigenvalue weighted by Gasteiger charge is -2.27. The van der Waals surface area contributed by atoms with Gasteiger partial charge in [0.05, 0.1) is 0 Å². The standard InChI is InChI=1S/C19H18BrN3O/c1-23-17(24)19(22-18(23)21,14-6-3-7-16(20)11-14)15-9-8-12-4-2-5-13(12)10-15/h3,6-11H,2,4-5H2,1H3,(H2,21,22). The second-order valence-electron chi connectivity index (χ2n) is 6.39. The van der Waals surface area contributed by atoms with Gasteiger partial charge in [-0.05, 0) is 53.6 Å². The number of carbonyl (C=O) groups excluding carboxylic acids is 1. The number of fused-ring (bicyclic) bond motifs is 1. The maximum Gasteiger partial charge on any atom is 0.266 e. The molecule has 1 aliphatic carbocycles. The average molecular weight is 384 g/mol. The lowest BCUT2D eigenvalue weighted by atomic mass is 9.82. The number of benzene rings is 2. The summed E-state index contributed by atoms with van der Waals surface area (Å²) in [5.41, 5.74) is 9.32. The first kappa shape index (κ1) is 15.4. The Morgan fingerprint density at radius 2 is 1.88 bits per heavy atom. The van der Waals surface area contributed by atoms with Gasteiger partial charge in [0.1, 0.15) is 0 Å². The molecule has 1 unspecified atom stereocenters. The molecular weight excluding hydrogens is 366 g/mol. The van der Waals surface area contributed by atoms with Crippen molar-refractivity contribution in [1.82, 2.24) is 4.90 Å². The third-order valence-corrected chi connectivity index (χ3v) is 5.49. The van der Waals surface area contributed by atoms with Gasteiger partial charge in [-0.2, -0.15) is 0 Å². The Hall–Kier alpha value is -2.14. The molecule has 4 rings (SSSR count). The van der Waals surface area contributed by atoms with E-state index in [1.807, 2.05) is 30.3 Å². The van der Waals surface area contributed by atoms with Gasteiger partial charge in [0.2, 0.25) is 0 Å². The highest BCUT2D eigenvalue weighted by molar-refractivity contribution is 9.10. The minimum Gasteiger partial charge on any atom is -0.369 e. The first-order valence-electron chi connectivity index (χ1n) is 8.04. The summed E-state index contributed by atoms with van der Waals surface area (Å²) in [6.45, 7) is 0. The third-order valence-electron chi connectivity index (χ3n) is 5.00. The molecule has 2 aromatic carbocycles. The molecule has 1 heterocycles. The van der Waals surface area contributed by atoms with Crippen molar-refractivity contribution in [2.75, 3.05) is 7.05 Å². The fraction of sp³-hybridized carbons (Fsp3) is 0.263. The second-order valence-corrected chi connectivity index (χ2v) is 7.31. The van der Waals surface area contributed by atoms with Crippen molar-refractivity contribution >= 4 is 27.8 Å². The highest BCUT2D eigenvalue weighted by Crippen LogP contribution is 2.41. The van der Waals surface area contributed by atoms with Crippen molar-refractivity contribution in [3.8, 4) is 0 Å². The molecule has 0 bridgehead atoms. The topological polar surface area (TPSA) is 58.7 Å². The maximum atomic E-state index is 13.2. The van der Waals surface area contributed by atoms with E-state index >= 15 is 0 Å². The molecule has 0 saturated heterocycles.